The van der Waals surface area contributed by atoms with Crippen molar-refractivity contribution in [3.05, 3.63) is 41.6 Å². The van der Waals surface area contributed by atoms with Crippen molar-refractivity contribution >= 4 is 16.8 Å². The van der Waals surface area contributed by atoms with Gasteiger partial charge in [-0.2, -0.15) is 0 Å². The lowest BCUT2D eigenvalue weighted by Crippen LogP contribution is -2.13. The Balaban J connectivity index is 2.52. The summed E-state index contributed by atoms with van der Waals surface area (Å²) >= 11 is 0. The molecule has 2 N–H and O–H groups in total. The highest BCUT2D eigenvalue weighted by Crippen LogP contribution is 2.16. The van der Waals surface area contributed by atoms with Gasteiger partial charge in [-0.1, -0.05) is 18.2 Å². The maximum Gasteiger partial charge on any atom is 0.221 e. The maximum absolute atomic E-state index is 10.8. The molecule has 0 fully saturated rings. The van der Waals surface area contributed by atoms with Crippen LogP contribution in [0.15, 0.2) is 30.5 Å². The molecule has 0 saturated heterocycles. The van der Waals surface area contributed by atoms with E-state index in [0.717, 1.165) is 22.0 Å². The molecule has 0 radical (unpaired) electrons. The number of carbonyl (C=O) groups excluding carboxylic acids is 1. The third-order valence-electron chi connectivity index (χ3n) is 2.35. The Morgan fingerprint density at radius 3 is 3.00 bits per heavy atom. The van der Waals surface area contributed by atoms with E-state index < -0.39 is 0 Å². The number of rotatable bonds is 2. The summed E-state index contributed by atoms with van der Waals surface area (Å²) < 4.78 is 0. The molecular weight excluding hydrogens is 188 g/mol. The summed E-state index contributed by atoms with van der Waals surface area (Å²) in [6.45, 7) is 2.02. The number of primary amides is 1. The van der Waals surface area contributed by atoms with Crippen molar-refractivity contribution in [2.45, 2.75) is 13.3 Å². The lowest BCUT2D eigenvalue weighted by Gasteiger charge is -2.03. The maximum atomic E-state index is 10.8. The summed E-state index contributed by atoms with van der Waals surface area (Å²) in [5.74, 6) is -0.330. The minimum Gasteiger partial charge on any atom is -0.369 e. The summed E-state index contributed by atoms with van der Waals surface area (Å²) in [5, 5.41) is 1.05. The highest BCUT2D eigenvalue weighted by Gasteiger charge is 2.02. The number of benzene rings is 1. The van der Waals surface area contributed by atoms with Gasteiger partial charge in [-0.3, -0.25) is 9.78 Å². The first-order valence-corrected chi connectivity index (χ1v) is 4.79. The second-order valence-electron chi connectivity index (χ2n) is 3.63. The first-order valence-electron chi connectivity index (χ1n) is 4.79. The molecule has 2 rings (SSSR count). The standard InChI is InChI=1S/C12H12N2O/c1-8-3-2-4-10-5-9(6-11(13)15)7-14-12(8)10/h2-5,7H,6H2,1H3,(H2,13,15). The summed E-state index contributed by atoms with van der Waals surface area (Å²) in [6.07, 6.45) is 1.96. The van der Waals surface area contributed by atoms with E-state index >= 15 is 0 Å². The fourth-order valence-corrected chi connectivity index (χ4v) is 1.66. The second-order valence-corrected chi connectivity index (χ2v) is 3.63. The largest absolute Gasteiger partial charge is 0.369 e. The number of nitrogens with zero attached hydrogens (tertiary/aromatic N) is 1. The fourth-order valence-electron chi connectivity index (χ4n) is 1.66. The van der Waals surface area contributed by atoms with Gasteiger partial charge < -0.3 is 5.73 Å². The van der Waals surface area contributed by atoms with Crippen molar-refractivity contribution in [2.75, 3.05) is 0 Å². The zero-order valence-corrected chi connectivity index (χ0v) is 8.53. The van der Waals surface area contributed by atoms with Gasteiger partial charge in [0.15, 0.2) is 0 Å². The number of amides is 1. The normalized spacial score (nSPS) is 10.5. The molecule has 0 aliphatic rings. The Labute approximate surface area is 87.9 Å². The molecule has 0 aliphatic heterocycles. The van der Waals surface area contributed by atoms with Crippen molar-refractivity contribution in [3.8, 4) is 0 Å². The van der Waals surface area contributed by atoms with Crippen LogP contribution in [-0.4, -0.2) is 10.9 Å². The highest BCUT2D eigenvalue weighted by molar-refractivity contribution is 5.83. The molecule has 0 atom stereocenters. The van der Waals surface area contributed by atoms with Gasteiger partial charge in [-0.05, 0) is 24.1 Å². The molecule has 3 heteroatoms. The average molecular weight is 200 g/mol. The van der Waals surface area contributed by atoms with Gasteiger partial charge in [0.2, 0.25) is 5.91 Å². The zero-order chi connectivity index (χ0) is 10.8. The number of fused-ring (bicyclic) bond motifs is 1. The van der Waals surface area contributed by atoms with E-state index in [9.17, 15) is 4.79 Å². The molecule has 1 aromatic carbocycles. The third kappa shape index (κ3) is 1.96. The van der Waals surface area contributed by atoms with Crippen molar-refractivity contribution in [1.82, 2.24) is 4.98 Å². The van der Waals surface area contributed by atoms with Crippen molar-refractivity contribution < 1.29 is 4.79 Å². The summed E-state index contributed by atoms with van der Waals surface area (Å²) in [6, 6.07) is 7.94. The monoisotopic (exact) mass is 200 g/mol. The van der Waals surface area contributed by atoms with Gasteiger partial charge in [0.25, 0.3) is 0 Å². The predicted molar refractivity (Wildman–Crippen MR) is 59.4 cm³/mol. The number of hydrogen-bond donors (Lipinski definition) is 1. The molecule has 2 aromatic rings. The van der Waals surface area contributed by atoms with E-state index in [1.165, 1.54) is 0 Å². The molecule has 15 heavy (non-hydrogen) atoms. The number of hydrogen-bond acceptors (Lipinski definition) is 2. The van der Waals surface area contributed by atoms with Crippen molar-refractivity contribution in [2.24, 2.45) is 5.73 Å². The van der Waals surface area contributed by atoms with Crippen LogP contribution < -0.4 is 5.73 Å². The van der Waals surface area contributed by atoms with Crippen LogP contribution in [0.3, 0.4) is 0 Å². The SMILES string of the molecule is Cc1cccc2cc(CC(N)=O)cnc12. The van der Waals surface area contributed by atoms with Gasteiger partial charge in [0, 0.05) is 11.6 Å². The van der Waals surface area contributed by atoms with Crippen LogP contribution in [0.4, 0.5) is 0 Å². The summed E-state index contributed by atoms with van der Waals surface area (Å²) in [5.41, 5.74) is 8.11. The Kier molecular flexibility index (Phi) is 2.37. The van der Waals surface area contributed by atoms with E-state index in [0.29, 0.717) is 0 Å². The zero-order valence-electron chi connectivity index (χ0n) is 8.53. The minimum absolute atomic E-state index is 0.247. The Hall–Kier alpha value is -1.90. The number of para-hydroxylation sites is 1. The number of aryl methyl sites for hydroxylation is 1. The van der Waals surface area contributed by atoms with Gasteiger partial charge in [0.1, 0.15) is 0 Å². The van der Waals surface area contributed by atoms with Gasteiger partial charge >= 0.3 is 0 Å². The topological polar surface area (TPSA) is 56.0 Å². The summed E-state index contributed by atoms with van der Waals surface area (Å²) in [7, 11) is 0. The van der Waals surface area contributed by atoms with E-state index in [1.54, 1.807) is 6.20 Å². The number of carbonyl (C=O) groups is 1. The van der Waals surface area contributed by atoms with Crippen LogP contribution in [0.25, 0.3) is 10.9 Å². The molecule has 3 nitrogen and oxygen atoms in total. The Morgan fingerprint density at radius 2 is 2.27 bits per heavy atom. The van der Waals surface area contributed by atoms with Crippen LogP contribution in [0.5, 0.6) is 0 Å². The minimum atomic E-state index is -0.330. The highest BCUT2D eigenvalue weighted by atomic mass is 16.1. The molecule has 0 aliphatic carbocycles. The fraction of sp³-hybridized carbons (Fsp3) is 0.167. The van der Waals surface area contributed by atoms with Crippen molar-refractivity contribution in [3.63, 3.8) is 0 Å². The van der Waals surface area contributed by atoms with Crippen LogP contribution >= 0.6 is 0 Å². The van der Waals surface area contributed by atoms with Crippen LogP contribution in [0, 0.1) is 6.92 Å². The molecule has 0 spiro atoms. The lowest BCUT2D eigenvalue weighted by molar-refractivity contribution is -0.117. The van der Waals surface area contributed by atoms with E-state index in [1.807, 2.05) is 31.2 Å². The molecule has 76 valence electrons. The summed E-state index contributed by atoms with van der Waals surface area (Å²) in [4.78, 5) is 15.1. The number of pyridine rings is 1. The Bertz CT molecular complexity index is 520. The lowest BCUT2D eigenvalue weighted by atomic mass is 10.1. The molecule has 0 saturated carbocycles. The number of aromatic nitrogens is 1. The molecule has 1 amide bonds. The predicted octanol–water partition coefficient (Wildman–Crippen LogP) is 1.57. The third-order valence-corrected chi connectivity index (χ3v) is 2.35. The molecular formula is C12H12N2O. The van der Waals surface area contributed by atoms with E-state index in [4.69, 9.17) is 5.73 Å². The van der Waals surface area contributed by atoms with Crippen LogP contribution in [-0.2, 0) is 11.2 Å². The van der Waals surface area contributed by atoms with E-state index in [2.05, 4.69) is 4.98 Å². The average Bonchev–Trinajstić information content (AvgIpc) is 2.17. The molecule has 1 heterocycles. The molecule has 0 bridgehead atoms. The van der Waals surface area contributed by atoms with Crippen molar-refractivity contribution in [1.29, 1.82) is 0 Å². The molecule has 0 unspecified atom stereocenters. The van der Waals surface area contributed by atoms with Crippen LogP contribution in [0.2, 0.25) is 0 Å². The molecule has 1 aromatic heterocycles. The van der Waals surface area contributed by atoms with Gasteiger partial charge in [-0.25, -0.2) is 0 Å². The first-order chi connectivity index (χ1) is 7.16. The Morgan fingerprint density at radius 1 is 1.47 bits per heavy atom. The van der Waals surface area contributed by atoms with Gasteiger partial charge in [0.05, 0.1) is 11.9 Å². The smallest absolute Gasteiger partial charge is 0.221 e. The van der Waals surface area contributed by atoms with E-state index in [-0.39, 0.29) is 12.3 Å². The van der Waals surface area contributed by atoms with Gasteiger partial charge in [-0.15, -0.1) is 0 Å². The second kappa shape index (κ2) is 3.69. The number of nitrogens with two attached hydrogens (primary N) is 1. The first kappa shape index (κ1) is 9.65. The quantitative estimate of drug-likeness (QED) is 0.800. The van der Waals surface area contributed by atoms with Crippen LogP contribution in [0.1, 0.15) is 11.1 Å².